The lowest BCUT2D eigenvalue weighted by Crippen LogP contribution is -2.38. The molecule has 6 heteroatoms. The van der Waals surface area contributed by atoms with Crippen LogP contribution < -0.4 is 9.47 Å². The van der Waals surface area contributed by atoms with E-state index in [9.17, 15) is 4.79 Å². The number of nitrogens with zero attached hydrogens (tertiary/aromatic N) is 1. The fraction of sp³-hybridized carbons (Fsp3) is 0.500. The van der Waals surface area contributed by atoms with E-state index in [-0.39, 0.29) is 12.5 Å². The Labute approximate surface area is 141 Å². The molecular weight excluding hydrogens is 308 g/mol. The number of ether oxygens (including phenoxy) is 2. The Bertz CT molecular complexity index is 717. The van der Waals surface area contributed by atoms with Crippen LogP contribution in [0, 0.1) is 5.92 Å². The highest BCUT2D eigenvalue weighted by molar-refractivity contribution is 6.00. The Balaban J connectivity index is 1.81. The average Bonchev–Trinajstić information content (AvgIpc) is 3.05. The van der Waals surface area contributed by atoms with Crippen molar-refractivity contribution in [3.8, 4) is 11.5 Å². The van der Waals surface area contributed by atoms with Crippen LogP contribution >= 0.6 is 0 Å². The quantitative estimate of drug-likeness (QED) is 0.882. The van der Waals surface area contributed by atoms with Crippen molar-refractivity contribution in [2.75, 3.05) is 33.9 Å². The summed E-state index contributed by atoms with van der Waals surface area (Å²) in [5.74, 6) is 1.81. The van der Waals surface area contributed by atoms with E-state index in [1.165, 1.54) is 0 Å². The molecule has 1 fully saturated rings. The fourth-order valence-electron chi connectivity index (χ4n) is 3.42. The molecule has 1 aromatic heterocycles. The third-order valence-electron chi connectivity index (χ3n) is 4.81. The highest BCUT2D eigenvalue weighted by atomic mass is 16.5. The molecule has 0 unspecified atom stereocenters. The van der Waals surface area contributed by atoms with E-state index >= 15 is 0 Å². The van der Waals surface area contributed by atoms with Gasteiger partial charge in [0.1, 0.15) is 5.69 Å². The number of fused-ring (bicyclic) bond motifs is 1. The topological polar surface area (TPSA) is 74.8 Å². The molecule has 130 valence electrons. The van der Waals surface area contributed by atoms with Crippen molar-refractivity contribution in [1.82, 2.24) is 9.88 Å². The standard InChI is InChI=1S/C18H24N2O4/c1-23-16-4-3-14-13(17(16)24-2)11-15(19-14)18(22)20-8-5-12(6-9-20)7-10-21/h3-4,11-12,19,21H,5-10H2,1-2H3. The number of likely N-dealkylation sites (tertiary alicyclic amines) is 1. The van der Waals surface area contributed by atoms with Crippen LogP contribution in [0.25, 0.3) is 10.9 Å². The van der Waals surface area contributed by atoms with Crippen molar-refractivity contribution in [3.05, 3.63) is 23.9 Å². The molecule has 1 aliphatic heterocycles. The molecule has 0 saturated carbocycles. The molecule has 3 rings (SSSR count). The summed E-state index contributed by atoms with van der Waals surface area (Å²) in [4.78, 5) is 17.8. The zero-order valence-electron chi connectivity index (χ0n) is 14.2. The Morgan fingerprint density at radius 1 is 1.29 bits per heavy atom. The number of benzene rings is 1. The van der Waals surface area contributed by atoms with Crippen molar-refractivity contribution in [2.45, 2.75) is 19.3 Å². The van der Waals surface area contributed by atoms with Gasteiger partial charge in [-0.15, -0.1) is 0 Å². The van der Waals surface area contributed by atoms with Crippen LogP contribution in [-0.2, 0) is 0 Å². The summed E-state index contributed by atoms with van der Waals surface area (Å²) in [5, 5.41) is 9.88. The SMILES string of the molecule is COc1ccc2[nH]c(C(=O)N3CCC(CCO)CC3)cc2c1OC. The van der Waals surface area contributed by atoms with Crippen molar-refractivity contribution in [2.24, 2.45) is 5.92 Å². The molecule has 2 aromatic rings. The number of hydrogen-bond donors (Lipinski definition) is 2. The summed E-state index contributed by atoms with van der Waals surface area (Å²) < 4.78 is 10.7. The van der Waals surface area contributed by atoms with Crippen molar-refractivity contribution >= 4 is 16.8 Å². The van der Waals surface area contributed by atoms with Gasteiger partial charge in [-0.3, -0.25) is 4.79 Å². The van der Waals surface area contributed by atoms with Gasteiger partial charge in [0, 0.05) is 25.1 Å². The highest BCUT2D eigenvalue weighted by Crippen LogP contribution is 2.36. The summed E-state index contributed by atoms with van der Waals surface area (Å²) in [6.07, 6.45) is 2.72. The van der Waals surface area contributed by atoms with E-state index in [2.05, 4.69) is 4.98 Å². The summed E-state index contributed by atoms with van der Waals surface area (Å²) in [6, 6.07) is 5.55. The second-order valence-corrected chi connectivity index (χ2v) is 6.19. The number of carbonyl (C=O) groups is 1. The molecule has 0 bridgehead atoms. The van der Waals surface area contributed by atoms with Gasteiger partial charge in [0.25, 0.3) is 5.91 Å². The largest absolute Gasteiger partial charge is 0.493 e. The summed E-state index contributed by atoms with van der Waals surface area (Å²) >= 11 is 0. The minimum Gasteiger partial charge on any atom is -0.493 e. The van der Waals surface area contributed by atoms with Gasteiger partial charge < -0.3 is 24.5 Å². The number of aromatic nitrogens is 1. The van der Waals surface area contributed by atoms with Crippen LogP contribution in [0.15, 0.2) is 18.2 Å². The van der Waals surface area contributed by atoms with Crippen LogP contribution in [0.2, 0.25) is 0 Å². The highest BCUT2D eigenvalue weighted by Gasteiger charge is 2.25. The number of rotatable bonds is 5. The minimum atomic E-state index is 0.00895. The average molecular weight is 332 g/mol. The normalized spacial score (nSPS) is 15.7. The number of methoxy groups -OCH3 is 2. The minimum absolute atomic E-state index is 0.00895. The maximum atomic E-state index is 12.8. The second kappa shape index (κ2) is 7.13. The number of piperidine rings is 1. The third kappa shape index (κ3) is 3.06. The molecule has 0 atom stereocenters. The monoisotopic (exact) mass is 332 g/mol. The number of nitrogens with one attached hydrogen (secondary N) is 1. The van der Waals surface area contributed by atoms with Crippen LogP contribution in [0.1, 0.15) is 29.8 Å². The molecule has 2 N–H and O–H groups in total. The van der Waals surface area contributed by atoms with Crippen LogP contribution in [0.4, 0.5) is 0 Å². The molecule has 0 radical (unpaired) electrons. The first kappa shape index (κ1) is 16.6. The molecule has 1 saturated heterocycles. The molecule has 1 aromatic carbocycles. The first-order valence-electron chi connectivity index (χ1n) is 8.31. The maximum absolute atomic E-state index is 12.8. The molecule has 0 aliphatic carbocycles. The van der Waals surface area contributed by atoms with Gasteiger partial charge in [-0.05, 0) is 43.4 Å². The molecule has 1 amide bonds. The van der Waals surface area contributed by atoms with E-state index in [0.29, 0.717) is 23.1 Å². The number of aromatic amines is 1. The van der Waals surface area contributed by atoms with E-state index in [0.717, 1.165) is 43.3 Å². The van der Waals surface area contributed by atoms with Gasteiger partial charge in [0.15, 0.2) is 11.5 Å². The Morgan fingerprint density at radius 2 is 2.04 bits per heavy atom. The van der Waals surface area contributed by atoms with Crippen molar-refractivity contribution < 1.29 is 19.4 Å². The third-order valence-corrected chi connectivity index (χ3v) is 4.81. The molecule has 0 spiro atoms. The molecule has 24 heavy (non-hydrogen) atoms. The Morgan fingerprint density at radius 3 is 2.67 bits per heavy atom. The number of aliphatic hydroxyl groups excluding tert-OH is 1. The molecule has 2 heterocycles. The number of H-pyrrole nitrogens is 1. The predicted molar refractivity (Wildman–Crippen MR) is 91.7 cm³/mol. The first-order valence-corrected chi connectivity index (χ1v) is 8.31. The zero-order valence-corrected chi connectivity index (χ0v) is 14.2. The van der Waals surface area contributed by atoms with Crippen LogP contribution in [-0.4, -0.2) is 54.8 Å². The van der Waals surface area contributed by atoms with E-state index < -0.39 is 0 Å². The van der Waals surface area contributed by atoms with Crippen molar-refractivity contribution in [1.29, 1.82) is 0 Å². The zero-order chi connectivity index (χ0) is 17.1. The fourth-order valence-corrected chi connectivity index (χ4v) is 3.42. The molecular formula is C18H24N2O4. The van der Waals surface area contributed by atoms with E-state index in [1.54, 1.807) is 14.2 Å². The number of hydrogen-bond acceptors (Lipinski definition) is 4. The van der Waals surface area contributed by atoms with Gasteiger partial charge in [-0.25, -0.2) is 0 Å². The second-order valence-electron chi connectivity index (χ2n) is 6.19. The maximum Gasteiger partial charge on any atom is 0.270 e. The summed E-state index contributed by atoms with van der Waals surface area (Å²) in [7, 11) is 3.19. The number of amides is 1. The van der Waals surface area contributed by atoms with Crippen LogP contribution in [0.3, 0.4) is 0 Å². The number of aliphatic hydroxyl groups is 1. The predicted octanol–water partition coefficient (Wildman–Crippen LogP) is 2.42. The Kier molecular flexibility index (Phi) is 4.94. The van der Waals surface area contributed by atoms with E-state index in [1.807, 2.05) is 23.1 Å². The van der Waals surface area contributed by atoms with Gasteiger partial charge >= 0.3 is 0 Å². The smallest absolute Gasteiger partial charge is 0.270 e. The van der Waals surface area contributed by atoms with E-state index in [4.69, 9.17) is 14.6 Å². The van der Waals surface area contributed by atoms with Crippen LogP contribution in [0.5, 0.6) is 11.5 Å². The summed E-state index contributed by atoms with van der Waals surface area (Å²) in [6.45, 7) is 1.70. The van der Waals surface area contributed by atoms with Gasteiger partial charge in [-0.1, -0.05) is 0 Å². The van der Waals surface area contributed by atoms with Gasteiger partial charge in [0.05, 0.1) is 19.7 Å². The number of carbonyl (C=O) groups excluding carboxylic acids is 1. The van der Waals surface area contributed by atoms with Gasteiger partial charge in [0.2, 0.25) is 0 Å². The molecule has 6 nitrogen and oxygen atoms in total. The lowest BCUT2D eigenvalue weighted by molar-refractivity contribution is 0.0673. The van der Waals surface area contributed by atoms with Gasteiger partial charge in [-0.2, -0.15) is 0 Å². The lowest BCUT2D eigenvalue weighted by Gasteiger charge is -2.31. The Hall–Kier alpha value is -2.21. The lowest BCUT2D eigenvalue weighted by atomic mass is 9.94. The van der Waals surface area contributed by atoms with Crippen molar-refractivity contribution in [3.63, 3.8) is 0 Å². The molecule has 1 aliphatic rings. The first-order chi connectivity index (χ1) is 11.7. The summed E-state index contributed by atoms with van der Waals surface area (Å²) in [5.41, 5.74) is 1.42.